The van der Waals surface area contributed by atoms with Crippen molar-refractivity contribution < 1.29 is 0 Å². The number of aromatic nitrogens is 1. The summed E-state index contributed by atoms with van der Waals surface area (Å²) in [7, 11) is 0. The van der Waals surface area contributed by atoms with Gasteiger partial charge in [0, 0.05) is 90.3 Å². The minimum Gasteiger partial charge on any atom is -0.310 e. The Kier molecular flexibility index (Phi) is 8.54. The van der Waals surface area contributed by atoms with Crippen LogP contribution in [0.15, 0.2) is 232 Å². The van der Waals surface area contributed by atoms with Crippen LogP contribution in [0.1, 0.15) is 0 Å². The van der Waals surface area contributed by atoms with Gasteiger partial charge in [-0.3, -0.25) is 0 Å². The van der Waals surface area contributed by atoms with Crippen LogP contribution in [0, 0.1) is 0 Å². The SMILES string of the molecule is c1ccc(N(c2ccc3c(c2)Sc2ccc(N(c4ccccc4)c4ccc5c(c4)c4ccccc4n5-c4ccccc4)cc2S3)c2ccc3c(c2)sc2ccccc23)cc1. The molecule has 0 bridgehead atoms. The van der Waals surface area contributed by atoms with E-state index in [2.05, 4.69) is 227 Å². The Labute approximate surface area is 360 Å². The summed E-state index contributed by atoms with van der Waals surface area (Å²) in [5, 5.41) is 5.10. The molecule has 0 aliphatic carbocycles. The van der Waals surface area contributed by atoms with Gasteiger partial charge in [0.2, 0.25) is 0 Å². The van der Waals surface area contributed by atoms with Crippen molar-refractivity contribution >= 4 is 111 Å². The normalized spacial score (nSPS) is 12.2. The van der Waals surface area contributed by atoms with Crippen molar-refractivity contribution in [3.8, 4) is 5.69 Å². The number of hydrogen-bond donors (Lipinski definition) is 0. The first-order valence-corrected chi connectivity index (χ1v) is 22.5. The molecule has 6 heteroatoms. The van der Waals surface area contributed by atoms with E-state index in [1.807, 2.05) is 34.9 Å². The maximum atomic E-state index is 2.39. The molecule has 0 fully saturated rings. The van der Waals surface area contributed by atoms with Crippen LogP contribution >= 0.6 is 34.9 Å². The lowest BCUT2D eigenvalue weighted by molar-refractivity contribution is 1.13. The summed E-state index contributed by atoms with van der Waals surface area (Å²) in [6, 6.07) is 77.3. The zero-order valence-electron chi connectivity index (χ0n) is 32.3. The third-order valence-electron chi connectivity index (χ3n) is 11.4. The van der Waals surface area contributed by atoms with E-state index in [1.165, 1.54) is 61.6 Å². The van der Waals surface area contributed by atoms with Gasteiger partial charge < -0.3 is 14.4 Å². The van der Waals surface area contributed by atoms with Crippen LogP contribution < -0.4 is 9.80 Å². The second-order valence-corrected chi connectivity index (χ2v) is 18.2. The smallest absolute Gasteiger partial charge is 0.0542 e. The number of fused-ring (bicyclic) bond motifs is 8. The second kappa shape index (κ2) is 14.5. The molecule has 60 heavy (non-hydrogen) atoms. The second-order valence-electron chi connectivity index (χ2n) is 15.0. The van der Waals surface area contributed by atoms with Crippen molar-refractivity contribution in [3.05, 3.63) is 212 Å². The molecular weight excluding hydrogens is 787 g/mol. The van der Waals surface area contributed by atoms with Crippen molar-refractivity contribution in [1.29, 1.82) is 0 Å². The first kappa shape index (κ1) is 35.3. The van der Waals surface area contributed by atoms with Gasteiger partial charge in [-0.05, 0) is 115 Å². The quantitative estimate of drug-likeness (QED) is 0.159. The van der Waals surface area contributed by atoms with E-state index in [1.54, 1.807) is 0 Å². The highest BCUT2D eigenvalue weighted by atomic mass is 32.2. The van der Waals surface area contributed by atoms with Gasteiger partial charge in [-0.2, -0.15) is 0 Å². The predicted molar refractivity (Wildman–Crippen MR) is 258 cm³/mol. The van der Waals surface area contributed by atoms with Gasteiger partial charge in [0.1, 0.15) is 0 Å². The van der Waals surface area contributed by atoms with Gasteiger partial charge in [-0.25, -0.2) is 0 Å². The number of thiophene rings is 1. The van der Waals surface area contributed by atoms with Gasteiger partial charge in [-0.15, -0.1) is 11.3 Å². The molecule has 11 aromatic rings. The van der Waals surface area contributed by atoms with E-state index in [0.717, 1.165) is 39.8 Å². The van der Waals surface area contributed by atoms with Gasteiger partial charge in [0.25, 0.3) is 0 Å². The summed E-state index contributed by atoms with van der Waals surface area (Å²) in [5.41, 5.74) is 10.4. The molecule has 0 N–H and O–H groups in total. The van der Waals surface area contributed by atoms with Gasteiger partial charge in [-0.1, -0.05) is 121 Å². The van der Waals surface area contributed by atoms with E-state index in [9.17, 15) is 0 Å². The third kappa shape index (κ3) is 5.98. The van der Waals surface area contributed by atoms with Crippen molar-refractivity contribution in [1.82, 2.24) is 4.57 Å². The average molecular weight is 822 g/mol. The summed E-state index contributed by atoms with van der Waals surface area (Å²) in [6.45, 7) is 0. The highest BCUT2D eigenvalue weighted by Gasteiger charge is 2.24. The fraction of sp³-hybridized carbons (Fsp3) is 0. The molecule has 284 valence electrons. The zero-order valence-corrected chi connectivity index (χ0v) is 34.7. The maximum absolute atomic E-state index is 2.39. The number of para-hydroxylation sites is 4. The standard InChI is InChI=1S/C54H35N3S3/c1-4-14-36(15-5-1)55(39-25-29-48-46(32-39)43-20-10-12-22-47(43)57(48)38-18-8-3-9-19-38)41-26-30-50-53(34-41)59-51-31-27-42(35-54(51)60-50)56(37-16-6-2-7-17-37)40-24-28-45-44-21-11-13-23-49(44)58-52(45)33-40/h1-35H. The topological polar surface area (TPSA) is 11.4 Å². The lowest BCUT2D eigenvalue weighted by Crippen LogP contribution is -2.11. The minimum atomic E-state index is 1.12. The fourth-order valence-corrected chi connectivity index (χ4v) is 12.1. The Morgan fingerprint density at radius 2 is 0.783 bits per heavy atom. The lowest BCUT2D eigenvalue weighted by Gasteiger charge is -2.29. The molecule has 0 amide bonds. The Hall–Kier alpha value is -6.70. The first-order valence-electron chi connectivity index (χ1n) is 20.1. The van der Waals surface area contributed by atoms with Gasteiger partial charge >= 0.3 is 0 Å². The molecule has 1 aliphatic heterocycles. The largest absolute Gasteiger partial charge is 0.310 e. The highest BCUT2D eigenvalue weighted by molar-refractivity contribution is 8.05. The number of benzene rings is 9. The molecule has 0 saturated carbocycles. The molecule has 0 radical (unpaired) electrons. The lowest BCUT2D eigenvalue weighted by atomic mass is 10.1. The van der Waals surface area contributed by atoms with E-state index in [0.29, 0.717) is 0 Å². The van der Waals surface area contributed by atoms with Crippen molar-refractivity contribution in [2.75, 3.05) is 9.80 Å². The van der Waals surface area contributed by atoms with Gasteiger partial charge in [0.15, 0.2) is 0 Å². The van der Waals surface area contributed by atoms with E-state index in [4.69, 9.17) is 0 Å². The molecule has 3 nitrogen and oxygen atoms in total. The van der Waals surface area contributed by atoms with Crippen molar-refractivity contribution in [3.63, 3.8) is 0 Å². The van der Waals surface area contributed by atoms with Crippen LogP contribution in [0.5, 0.6) is 0 Å². The molecule has 9 aromatic carbocycles. The van der Waals surface area contributed by atoms with E-state index in [-0.39, 0.29) is 0 Å². The summed E-state index contributed by atoms with van der Waals surface area (Å²) in [6.07, 6.45) is 0. The van der Waals surface area contributed by atoms with Gasteiger partial charge in [0.05, 0.1) is 11.0 Å². The first-order chi connectivity index (χ1) is 29.7. The Morgan fingerprint density at radius 1 is 0.300 bits per heavy atom. The molecule has 3 heterocycles. The van der Waals surface area contributed by atoms with Crippen LogP contribution in [0.25, 0.3) is 47.7 Å². The molecule has 0 unspecified atom stereocenters. The minimum absolute atomic E-state index is 1.12. The van der Waals surface area contributed by atoms with Crippen LogP contribution in [0.2, 0.25) is 0 Å². The Bertz CT molecular complexity index is 3390. The molecule has 0 saturated heterocycles. The molecular formula is C54H35N3S3. The Morgan fingerprint density at radius 3 is 1.45 bits per heavy atom. The summed E-state index contributed by atoms with van der Waals surface area (Å²) in [4.78, 5) is 9.84. The summed E-state index contributed by atoms with van der Waals surface area (Å²) in [5.74, 6) is 0. The molecule has 2 aromatic heterocycles. The fourth-order valence-electron chi connectivity index (χ4n) is 8.69. The number of hydrogen-bond acceptors (Lipinski definition) is 5. The maximum Gasteiger partial charge on any atom is 0.0542 e. The summed E-state index contributed by atoms with van der Waals surface area (Å²) < 4.78 is 4.99. The van der Waals surface area contributed by atoms with E-state index >= 15 is 0 Å². The zero-order chi connectivity index (χ0) is 39.6. The van der Waals surface area contributed by atoms with Crippen LogP contribution in [-0.2, 0) is 0 Å². The average Bonchev–Trinajstić information content (AvgIpc) is 3.85. The van der Waals surface area contributed by atoms with Crippen LogP contribution in [0.4, 0.5) is 34.1 Å². The van der Waals surface area contributed by atoms with Crippen LogP contribution in [-0.4, -0.2) is 4.57 Å². The molecule has 1 aliphatic rings. The molecule has 12 rings (SSSR count). The van der Waals surface area contributed by atoms with E-state index < -0.39 is 0 Å². The number of nitrogens with zero attached hydrogens (tertiary/aromatic N) is 3. The monoisotopic (exact) mass is 821 g/mol. The number of anilines is 6. The predicted octanol–water partition coefficient (Wildman–Crippen LogP) is 16.7. The van der Waals surface area contributed by atoms with Crippen LogP contribution in [0.3, 0.4) is 0 Å². The molecule has 0 spiro atoms. The Balaban J connectivity index is 0.918. The third-order valence-corrected chi connectivity index (χ3v) is 15.0. The summed E-state index contributed by atoms with van der Waals surface area (Å²) >= 11 is 5.58. The highest BCUT2D eigenvalue weighted by Crippen LogP contribution is 2.52. The number of rotatable bonds is 7. The van der Waals surface area contributed by atoms with Crippen molar-refractivity contribution in [2.45, 2.75) is 19.6 Å². The molecule has 0 atom stereocenters. The van der Waals surface area contributed by atoms with Crippen molar-refractivity contribution in [2.24, 2.45) is 0 Å².